The molecule has 0 aliphatic carbocycles. The first-order valence-corrected chi connectivity index (χ1v) is 9.20. The normalized spacial score (nSPS) is 13.9. The molecule has 0 bridgehead atoms. The number of ether oxygens (including phenoxy) is 1. The van der Waals surface area contributed by atoms with E-state index in [1.165, 1.54) is 7.05 Å². The van der Waals surface area contributed by atoms with E-state index in [0.29, 0.717) is 11.4 Å². The second kappa shape index (κ2) is 8.26. The van der Waals surface area contributed by atoms with Crippen LogP contribution < -0.4 is 5.32 Å². The summed E-state index contributed by atoms with van der Waals surface area (Å²) in [7, 11) is 1.47. The zero-order valence-electron chi connectivity index (χ0n) is 16.9. The first-order valence-electron chi connectivity index (χ1n) is 9.20. The highest BCUT2D eigenvalue weighted by Gasteiger charge is 2.24. The molecule has 2 amide bonds. The van der Waals surface area contributed by atoms with Crippen molar-refractivity contribution in [3.05, 3.63) is 41.2 Å². The van der Waals surface area contributed by atoms with Gasteiger partial charge in [-0.05, 0) is 32.9 Å². The molecular weight excluding hydrogens is 374 g/mol. The van der Waals surface area contributed by atoms with Gasteiger partial charge in [-0.25, -0.2) is 14.5 Å². The van der Waals surface area contributed by atoms with Crippen molar-refractivity contribution in [2.45, 2.75) is 33.6 Å². The lowest BCUT2D eigenvalue weighted by atomic mass is 10.2. The van der Waals surface area contributed by atoms with Crippen molar-refractivity contribution in [3.8, 4) is 5.69 Å². The van der Waals surface area contributed by atoms with E-state index in [1.807, 2.05) is 38.1 Å². The van der Waals surface area contributed by atoms with E-state index >= 15 is 0 Å². The molecule has 1 aliphatic rings. The fourth-order valence-electron chi connectivity index (χ4n) is 2.97. The molecule has 0 fully saturated rings. The van der Waals surface area contributed by atoms with Gasteiger partial charge in [0.15, 0.2) is 6.61 Å². The molecule has 0 saturated heterocycles. The second-order valence-corrected chi connectivity index (χ2v) is 6.88. The highest BCUT2D eigenvalue weighted by atomic mass is 16.5. The van der Waals surface area contributed by atoms with Crippen LogP contribution in [0.1, 0.15) is 29.8 Å². The van der Waals surface area contributed by atoms with Gasteiger partial charge >= 0.3 is 5.97 Å². The molecule has 2 heterocycles. The summed E-state index contributed by atoms with van der Waals surface area (Å²) in [5, 5.41) is 12.2. The van der Waals surface area contributed by atoms with Crippen molar-refractivity contribution in [2.75, 3.05) is 19.0 Å². The number of nitrogens with zero attached hydrogens (tertiary/aromatic N) is 4. The summed E-state index contributed by atoms with van der Waals surface area (Å²) >= 11 is 0. The lowest BCUT2D eigenvalue weighted by Crippen LogP contribution is -2.33. The van der Waals surface area contributed by atoms with E-state index < -0.39 is 18.5 Å². The first-order chi connectivity index (χ1) is 13.8. The summed E-state index contributed by atoms with van der Waals surface area (Å²) in [6.45, 7) is 5.20. The molecule has 3 rings (SSSR count). The Bertz CT molecular complexity index is 991. The Hall–Kier alpha value is -3.49. The third-order valence-electron chi connectivity index (χ3n) is 4.61. The van der Waals surface area contributed by atoms with Crippen molar-refractivity contribution < 1.29 is 19.1 Å². The number of hydrazone groups is 1. The molecule has 29 heavy (non-hydrogen) atoms. The Kier molecular flexibility index (Phi) is 5.76. The average Bonchev–Trinajstić information content (AvgIpc) is 2.97. The molecule has 2 aromatic rings. The fourth-order valence-corrected chi connectivity index (χ4v) is 2.97. The largest absolute Gasteiger partial charge is 0.451 e. The van der Waals surface area contributed by atoms with Gasteiger partial charge in [0.05, 0.1) is 22.8 Å². The van der Waals surface area contributed by atoms with Crippen molar-refractivity contribution in [2.24, 2.45) is 5.10 Å². The molecule has 0 saturated carbocycles. The van der Waals surface area contributed by atoms with E-state index in [4.69, 9.17) is 4.74 Å². The number of amides is 2. The monoisotopic (exact) mass is 397 g/mol. The lowest BCUT2D eigenvalue weighted by molar-refractivity contribution is -0.141. The zero-order chi connectivity index (χ0) is 21.1. The number of hydrogen-bond acceptors (Lipinski definition) is 6. The maximum Gasteiger partial charge on any atom is 0.355 e. The van der Waals surface area contributed by atoms with Crippen molar-refractivity contribution in [1.82, 2.24) is 14.8 Å². The Morgan fingerprint density at radius 2 is 1.83 bits per heavy atom. The topological polar surface area (TPSA) is 106 Å². The summed E-state index contributed by atoms with van der Waals surface area (Å²) in [4.78, 5) is 35.8. The number of rotatable bonds is 5. The van der Waals surface area contributed by atoms with Crippen LogP contribution in [0.25, 0.3) is 5.69 Å². The molecular formula is C20H23N5O4. The van der Waals surface area contributed by atoms with Gasteiger partial charge in [0.25, 0.3) is 5.91 Å². The van der Waals surface area contributed by atoms with Crippen LogP contribution in [0.15, 0.2) is 29.4 Å². The maximum atomic E-state index is 12.3. The standard InChI is InChI=1S/C20H23N5O4/c1-12-5-7-15(8-6-12)25-14(3)19(13(2)22-25)21-17(26)11-29-20(28)16-9-10-18(27)24(4)23-16/h5-8H,9-11H2,1-4H3,(H,21,26). The highest BCUT2D eigenvalue weighted by molar-refractivity contribution is 6.37. The molecule has 1 N–H and O–H groups in total. The Morgan fingerprint density at radius 1 is 1.14 bits per heavy atom. The lowest BCUT2D eigenvalue weighted by Gasteiger charge is -2.18. The number of nitrogens with one attached hydrogen (secondary N) is 1. The summed E-state index contributed by atoms with van der Waals surface area (Å²) in [5.41, 5.74) is 4.15. The summed E-state index contributed by atoms with van der Waals surface area (Å²) < 4.78 is 6.79. The van der Waals surface area contributed by atoms with Crippen LogP contribution in [0.4, 0.5) is 5.69 Å². The number of carbonyl (C=O) groups is 3. The average molecular weight is 397 g/mol. The van der Waals surface area contributed by atoms with E-state index in [9.17, 15) is 14.4 Å². The van der Waals surface area contributed by atoms with Crippen LogP contribution in [0.3, 0.4) is 0 Å². The van der Waals surface area contributed by atoms with Crippen LogP contribution in [0, 0.1) is 20.8 Å². The van der Waals surface area contributed by atoms with Gasteiger partial charge in [-0.2, -0.15) is 10.2 Å². The SMILES string of the molecule is Cc1ccc(-n2nc(C)c(NC(=O)COC(=O)C3=NN(C)C(=O)CC3)c2C)cc1. The molecule has 0 unspecified atom stereocenters. The van der Waals surface area contributed by atoms with Crippen molar-refractivity contribution >= 4 is 29.2 Å². The van der Waals surface area contributed by atoms with Gasteiger partial charge in [-0.1, -0.05) is 17.7 Å². The van der Waals surface area contributed by atoms with Gasteiger partial charge in [-0.3, -0.25) is 9.59 Å². The minimum absolute atomic E-state index is 0.124. The van der Waals surface area contributed by atoms with Crippen molar-refractivity contribution in [1.29, 1.82) is 0 Å². The fraction of sp³-hybridized carbons (Fsp3) is 0.350. The molecule has 152 valence electrons. The molecule has 9 heteroatoms. The minimum Gasteiger partial charge on any atom is -0.451 e. The predicted octanol–water partition coefficient (Wildman–Crippen LogP) is 1.89. The van der Waals surface area contributed by atoms with Crippen LogP contribution >= 0.6 is 0 Å². The van der Waals surface area contributed by atoms with Gasteiger partial charge in [0.1, 0.15) is 5.71 Å². The van der Waals surface area contributed by atoms with Gasteiger partial charge in [-0.15, -0.1) is 0 Å². The summed E-state index contributed by atoms with van der Waals surface area (Å²) in [6.07, 6.45) is 0.387. The Labute approximate surface area is 168 Å². The quantitative estimate of drug-likeness (QED) is 0.776. The summed E-state index contributed by atoms with van der Waals surface area (Å²) in [6, 6.07) is 7.88. The molecule has 0 spiro atoms. The molecule has 9 nitrogen and oxygen atoms in total. The summed E-state index contributed by atoms with van der Waals surface area (Å²) in [5.74, 6) is -1.35. The Balaban J connectivity index is 1.64. The zero-order valence-corrected chi connectivity index (χ0v) is 16.9. The first kappa shape index (κ1) is 20.2. The number of benzene rings is 1. The number of aromatic nitrogens is 2. The third kappa shape index (κ3) is 4.50. The second-order valence-electron chi connectivity index (χ2n) is 6.88. The minimum atomic E-state index is -0.705. The number of carbonyl (C=O) groups excluding carboxylic acids is 3. The van der Waals surface area contributed by atoms with Gasteiger partial charge in [0.2, 0.25) is 5.91 Å². The van der Waals surface area contributed by atoms with Crippen LogP contribution in [0.2, 0.25) is 0 Å². The predicted molar refractivity (Wildman–Crippen MR) is 107 cm³/mol. The van der Waals surface area contributed by atoms with Gasteiger partial charge < -0.3 is 10.1 Å². The Morgan fingerprint density at radius 3 is 2.48 bits per heavy atom. The van der Waals surface area contributed by atoms with Crippen LogP contribution in [0.5, 0.6) is 0 Å². The number of aryl methyl sites for hydroxylation is 2. The maximum absolute atomic E-state index is 12.3. The van der Waals surface area contributed by atoms with Crippen molar-refractivity contribution in [3.63, 3.8) is 0 Å². The van der Waals surface area contributed by atoms with Gasteiger partial charge in [0, 0.05) is 19.9 Å². The number of anilines is 1. The highest BCUT2D eigenvalue weighted by Crippen LogP contribution is 2.23. The molecule has 1 aromatic carbocycles. The van der Waals surface area contributed by atoms with Crippen LogP contribution in [-0.4, -0.2) is 51.9 Å². The van der Waals surface area contributed by atoms with E-state index in [1.54, 1.807) is 11.6 Å². The number of esters is 1. The molecule has 1 aromatic heterocycles. The molecule has 0 atom stereocenters. The van der Waals surface area contributed by atoms with E-state index in [0.717, 1.165) is 22.0 Å². The third-order valence-corrected chi connectivity index (χ3v) is 4.61. The van der Waals surface area contributed by atoms with E-state index in [-0.39, 0.29) is 24.5 Å². The van der Waals surface area contributed by atoms with Crippen LogP contribution in [-0.2, 0) is 19.1 Å². The number of hydrogen-bond donors (Lipinski definition) is 1. The van der Waals surface area contributed by atoms with E-state index in [2.05, 4.69) is 15.5 Å². The smallest absolute Gasteiger partial charge is 0.355 e. The molecule has 0 radical (unpaired) electrons. The molecule has 1 aliphatic heterocycles.